The third kappa shape index (κ3) is 4.55. The normalized spacial score (nSPS) is 17.9. The van der Waals surface area contributed by atoms with Crippen LogP contribution in [0.5, 0.6) is 17.2 Å². The molecule has 0 saturated carbocycles. The van der Waals surface area contributed by atoms with Gasteiger partial charge in [-0.25, -0.2) is 4.72 Å². The Morgan fingerprint density at radius 2 is 2.03 bits per heavy atom. The van der Waals surface area contributed by atoms with Crippen LogP contribution < -0.4 is 19.5 Å². The molecule has 12 heteroatoms. The highest BCUT2D eigenvalue weighted by Gasteiger charge is 2.29. The van der Waals surface area contributed by atoms with Gasteiger partial charge in [-0.3, -0.25) is 9.79 Å². The quantitative estimate of drug-likeness (QED) is 0.564. The largest absolute Gasteiger partial charge is 0.505 e. The van der Waals surface area contributed by atoms with Crippen molar-refractivity contribution in [2.45, 2.75) is 19.4 Å². The highest BCUT2D eigenvalue weighted by molar-refractivity contribution is 7.89. The number of amides is 1. The van der Waals surface area contributed by atoms with Crippen molar-refractivity contribution in [1.29, 1.82) is 0 Å². The van der Waals surface area contributed by atoms with Crippen molar-refractivity contribution < 1.29 is 27.8 Å². The maximum atomic E-state index is 12.3. The van der Waals surface area contributed by atoms with Crippen molar-refractivity contribution >= 4 is 33.5 Å². The van der Waals surface area contributed by atoms with Gasteiger partial charge in [0.25, 0.3) is 5.91 Å². The molecule has 33 heavy (non-hydrogen) atoms. The predicted molar refractivity (Wildman–Crippen MR) is 122 cm³/mol. The zero-order chi connectivity index (χ0) is 23.8. The van der Waals surface area contributed by atoms with E-state index in [0.29, 0.717) is 17.9 Å². The molecule has 0 fully saturated rings. The third-order valence-corrected chi connectivity index (χ3v) is 5.91. The molecule has 2 heterocycles. The van der Waals surface area contributed by atoms with Crippen LogP contribution in [0.2, 0.25) is 0 Å². The van der Waals surface area contributed by atoms with E-state index in [1.165, 1.54) is 17.0 Å². The fraction of sp³-hybridized carbons (Fsp3) is 0.286. The number of anilines is 1. The number of hydrogen-bond donors (Lipinski definition) is 3. The van der Waals surface area contributed by atoms with Crippen LogP contribution in [0.4, 0.5) is 5.69 Å². The Kier molecular flexibility index (Phi) is 5.85. The van der Waals surface area contributed by atoms with E-state index in [1.54, 1.807) is 32.3 Å². The van der Waals surface area contributed by atoms with Crippen LogP contribution in [0.25, 0.3) is 0 Å². The van der Waals surface area contributed by atoms with Crippen molar-refractivity contribution in [3.63, 3.8) is 0 Å². The molecule has 2 aliphatic heterocycles. The van der Waals surface area contributed by atoms with E-state index >= 15 is 0 Å². The molecule has 11 nitrogen and oxygen atoms in total. The summed E-state index contributed by atoms with van der Waals surface area (Å²) < 4.78 is 41.1. The summed E-state index contributed by atoms with van der Waals surface area (Å²) in [6, 6.07) is 9.54. The molecule has 4 rings (SSSR count). The number of phenolic OH excluding ortho intramolecular Hbond substituents is 1. The minimum atomic E-state index is -4.02. The molecular weight excluding hydrogens is 450 g/mol. The van der Waals surface area contributed by atoms with Crippen LogP contribution in [0.15, 0.2) is 45.8 Å². The van der Waals surface area contributed by atoms with Crippen molar-refractivity contribution in [3.8, 4) is 17.2 Å². The highest BCUT2D eigenvalue weighted by Crippen LogP contribution is 2.36. The summed E-state index contributed by atoms with van der Waals surface area (Å²) in [6.45, 7) is 2.05. The lowest BCUT2D eigenvalue weighted by molar-refractivity contribution is 0.0824. The zero-order valence-electron chi connectivity index (χ0n) is 18.2. The summed E-state index contributed by atoms with van der Waals surface area (Å²) in [4.78, 5) is 18.2. The lowest BCUT2D eigenvalue weighted by atomic mass is 10.0. The van der Waals surface area contributed by atoms with Gasteiger partial charge in [0.05, 0.1) is 17.3 Å². The predicted octanol–water partition coefficient (Wildman–Crippen LogP) is 2.03. The number of aromatic hydroxyl groups is 1. The first-order chi connectivity index (χ1) is 15.7. The Morgan fingerprint density at radius 3 is 2.76 bits per heavy atom. The molecular formula is C21H23N5O6S. The first-order valence-electron chi connectivity index (χ1n) is 10.1. The summed E-state index contributed by atoms with van der Waals surface area (Å²) in [5.74, 6) is 0.386. The number of rotatable bonds is 5. The molecule has 1 amide bonds. The number of aliphatic imine (C=N–C) groups is 1. The fourth-order valence-corrected chi connectivity index (χ4v) is 4.20. The van der Waals surface area contributed by atoms with Gasteiger partial charge in [0, 0.05) is 14.1 Å². The van der Waals surface area contributed by atoms with Gasteiger partial charge in [-0.1, -0.05) is 19.1 Å². The molecule has 0 unspecified atom stereocenters. The van der Waals surface area contributed by atoms with Gasteiger partial charge >= 0.3 is 10.2 Å². The summed E-state index contributed by atoms with van der Waals surface area (Å²) in [7, 11) is -0.898. The molecule has 2 aromatic carbocycles. The molecule has 3 N–H and O–H groups in total. The van der Waals surface area contributed by atoms with Crippen LogP contribution in [-0.4, -0.2) is 56.9 Å². The van der Waals surface area contributed by atoms with Crippen LogP contribution in [-0.2, 0) is 10.2 Å². The number of phenols is 1. The van der Waals surface area contributed by atoms with E-state index in [4.69, 9.17) is 9.47 Å². The number of para-hydroxylation sites is 1. The maximum Gasteiger partial charge on any atom is 0.345 e. The number of nitrogens with one attached hydrogen (secondary N) is 2. The van der Waals surface area contributed by atoms with Gasteiger partial charge in [-0.2, -0.15) is 8.42 Å². The number of carbonyl (C=O) groups excluding carboxylic acids is 1. The number of nitrogens with zero attached hydrogens (tertiary/aromatic N) is 3. The second kappa shape index (κ2) is 8.62. The van der Waals surface area contributed by atoms with Gasteiger partial charge in [0.15, 0.2) is 28.9 Å². The Bertz CT molecular complexity index is 1270. The van der Waals surface area contributed by atoms with Crippen LogP contribution in [0.1, 0.15) is 35.3 Å². The van der Waals surface area contributed by atoms with E-state index in [9.17, 15) is 18.3 Å². The fourth-order valence-electron chi connectivity index (χ4n) is 3.39. The number of benzene rings is 2. The van der Waals surface area contributed by atoms with Gasteiger partial charge in [-0.05, 0) is 36.2 Å². The molecule has 2 aromatic rings. The Morgan fingerprint density at radius 1 is 1.27 bits per heavy atom. The number of fused-ring (bicyclic) bond motifs is 1. The van der Waals surface area contributed by atoms with E-state index in [2.05, 4.69) is 19.4 Å². The van der Waals surface area contributed by atoms with Crippen molar-refractivity contribution in [2.75, 3.05) is 26.2 Å². The minimum Gasteiger partial charge on any atom is -0.505 e. The van der Waals surface area contributed by atoms with Gasteiger partial charge in [-0.15, -0.1) is 4.40 Å². The van der Waals surface area contributed by atoms with E-state index in [0.717, 1.165) is 5.56 Å². The molecule has 0 radical (unpaired) electrons. The third-order valence-electron chi connectivity index (χ3n) is 5.04. The lowest BCUT2D eigenvalue weighted by Gasteiger charge is -2.15. The number of amidine groups is 2. The first kappa shape index (κ1) is 22.4. The summed E-state index contributed by atoms with van der Waals surface area (Å²) in [5, 5.41) is 13.4. The van der Waals surface area contributed by atoms with Crippen LogP contribution in [0.3, 0.4) is 0 Å². The van der Waals surface area contributed by atoms with Crippen LogP contribution >= 0.6 is 0 Å². The maximum absolute atomic E-state index is 12.3. The topological polar surface area (TPSA) is 142 Å². The van der Waals surface area contributed by atoms with E-state index in [-0.39, 0.29) is 35.5 Å². The van der Waals surface area contributed by atoms with E-state index in [1.807, 2.05) is 13.0 Å². The second-order valence-electron chi connectivity index (χ2n) is 7.56. The molecule has 1 atom stereocenters. The van der Waals surface area contributed by atoms with Gasteiger partial charge in [0.1, 0.15) is 0 Å². The molecule has 0 aliphatic carbocycles. The molecule has 0 saturated heterocycles. The SMILES string of the molecule is CC[C@@H](N=C1NS(=O)(=O)N=C1Nc1cccc(C(=O)N(C)C)c1O)c1ccc2c(c1)OCO2. The monoisotopic (exact) mass is 473 g/mol. The number of ether oxygens (including phenoxy) is 2. The first-order valence-corrected chi connectivity index (χ1v) is 11.5. The number of carbonyl (C=O) groups is 1. The second-order valence-corrected chi connectivity index (χ2v) is 8.89. The van der Waals surface area contributed by atoms with Gasteiger partial charge < -0.3 is 24.8 Å². The van der Waals surface area contributed by atoms with Crippen molar-refractivity contribution in [3.05, 3.63) is 47.5 Å². The average Bonchev–Trinajstić information content (AvgIpc) is 3.35. The number of hydrogen-bond acceptors (Lipinski definition) is 8. The molecule has 174 valence electrons. The minimum absolute atomic E-state index is 0.0109. The summed E-state index contributed by atoms with van der Waals surface area (Å²) in [6.07, 6.45) is 0.566. The van der Waals surface area contributed by atoms with E-state index < -0.39 is 22.2 Å². The molecule has 0 aromatic heterocycles. The zero-order valence-corrected chi connectivity index (χ0v) is 19.0. The Balaban J connectivity index is 1.66. The lowest BCUT2D eigenvalue weighted by Crippen LogP contribution is -2.31. The molecule has 2 aliphatic rings. The smallest absolute Gasteiger partial charge is 0.345 e. The van der Waals surface area contributed by atoms with Crippen molar-refractivity contribution in [1.82, 2.24) is 9.62 Å². The molecule has 0 spiro atoms. The Hall–Kier alpha value is -3.80. The van der Waals surface area contributed by atoms with Gasteiger partial charge in [0.2, 0.25) is 6.79 Å². The summed E-state index contributed by atoms with van der Waals surface area (Å²) >= 11 is 0. The Labute approximate surface area is 190 Å². The summed E-state index contributed by atoms with van der Waals surface area (Å²) in [5.41, 5.74) is 0.981. The van der Waals surface area contributed by atoms with Crippen LogP contribution in [0, 0.1) is 0 Å². The van der Waals surface area contributed by atoms with Crippen molar-refractivity contribution in [2.24, 2.45) is 9.39 Å². The standard InChI is InChI=1S/C21H23N5O6S/c1-4-14(12-8-9-16-17(10-12)32-11-31-16)22-19-20(25-33(29,30)24-19)23-15-7-5-6-13(18(15)27)21(28)26(2)3/h5-10,14,27H,4,11H2,1-3H3,(H,22,24)(H,23,25)/t14-/m1/s1. The highest BCUT2D eigenvalue weighted by atomic mass is 32.2. The molecule has 0 bridgehead atoms. The average molecular weight is 474 g/mol.